The minimum Gasteiger partial charge on any atom is -0.485 e. The predicted octanol–water partition coefficient (Wildman–Crippen LogP) is 3.30. The molecule has 7 heteroatoms. The first-order valence-corrected chi connectivity index (χ1v) is 8.77. The Bertz CT molecular complexity index is 1010. The van der Waals surface area contributed by atoms with Gasteiger partial charge in [0, 0.05) is 14.5 Å². The van der Waals surface area contributed by atoms with Crippen LogP contribution in [0.2, 0.25) is 0 Å². The molecule has 0 fully saturated rings. The van der Waals surface area contributed by atoms with Crippen molar-refractivity contribution in [1.29, 1.82) is 0 Å². The van der Waals surface area contributed by atoms with E-state index < -0.39 is 18.9 Å². The van der Waals surface area contributed by atoms with Gasteiger partial charge in [-0.25, -0.2) is 9.78 Å². The number of rotatable bonds is 8. The van der Waals surface area contributed by atoms with E-state index >= 15 is 0 Å². The summed E-state index contributed by atoms with van der Waals surface area (Å²) in [5.41, 5.74) is 1.10. The highest BCUT2D eigenvalue weighted by Crippen LogP contribution is 2.33. The Hall–Kier alpha value is -3.87. The monoisotopic (exact) mass is 394 g/mol. The van der Waals surface area contributed by atoms with Gasteiger partial charge in [0.15, 0.2) is 22.9 Å². The summed E-state index contributed by atoms with van der Waals surface area (Å²) < 4.78 is 18.9. The molecule has 1 amide bonds. The van der Waals surface area contributed by atoms with Gasteiger partial charge < -0.3 is 19.9 Å². The van der Waals surface area contributed by atoms with Crippen molar-refractivity contribution < 1.29 is 25.5 Å². The number of ether oxygens (including phenoxy) is 2. The second-order valence-corrected chi connectivity index (χ2v) is 6.04. The van der Waals surface area contributed by atoms with E-state index in [1.807, 2.05) is 60.7 Å². The van der Waals surface area contributed by atoms with E-state index in [-0.39, 0.29) is 36.1 Å². The highest BCUT2D eigenvalue weighted by molar-refractivity contribution is 5.97. The van der Waals surface area contributed by atoms with Crippen LogP contribution in [0.5, 0.6) is 11.5 Å². The number of nitrogens with zero attached hydrogens (tertiary/aromatic N) is 1. The van der Waals surface area contributed by atoms with E-state index in [0.717, 1.165) is 11.1 Å². The molecule has 148 valence electrons. The summed E-state index contributed by atoms with van der Waals surface area (Å²) in [7, 11) is -0.393. The summed E-state index contributed by atoms with van der Waals surface area (Å²) in [4.78, 5) is 27.9. The maximum Gasteiger partial charge on any atom is 0.354 e. The first-order chi connectivity index (χ1) is 14.6. The molecular formula is C22H20N2O5. The highest BCUT2D eigenvalue weighted by atomic mass is 16.5. The van der Waals surface area contributed by atoms with E-state index in [2.05, 4.69) is 10.3 Å². The Morgan fingerprint density at radius 3 is 2.14 bits per heavy atom. The summed E-state index contributed by atoms with van der Waals surface area (Å²) >= 11 is 0. The summed E-state index contributed by atoms with van der Waals surface area (Å²) in [6.07, 6.45) is 0. The topological polar surface area (TPSA) is 97.8 Å². The molecule has 1 heterocycles. The van der Waals surface area contributed by atoms with Gasteiger partial charge in [-0.15, -0.1) is 0 Å². The van der Waals surface area contributed by atoms with Crippen LogP contribution in [0.3, 0.4) is 0 Å². The lowest BCUT2D eigenvalue weighted by molar-refractivity contribution is 0.0689. The van der Waals surface area contributed by atoms with Gasteiger partial charge in [0.25, 0.3) is 5.91 Å². The molecule has 0 saturated heterocycles. The second-order valence-electron chi connectivity index (χ2n) is 6.04. The van der Waals surface area contributed by atoms with E-state index in [1.54, 1.807) is 0 Å². The van der Waals surface area contributed by atoms with Gasteiger partial charge in [0.2, 0.25) is 0 Å². The summed E-state index contributed by atoms with van der Waals surface area (Å²) in [6.45, 7) is 0.267. The number of hydrogen-bond acceptors (Lipinski definition) is 5. The van der Waals surface area contributed by atoms with Crippen molar-refractivity contribution in [2.24, 2.45) is 0 Å². The maximum atomic E-state index is 12.5. The molecule has 0 unspecified atom stereocenters. The van der Waals surface area contributed by atoms with E-state index in [9.17, 15) is 14.7 Å². The number of amides is 1. The molecular weight excluding hydrogens is 372 g/mol. The molecule has 1 aromatic heterocycles. The van der Waals surface area contributed by atoms with Crippen LogP contribution >= 0.6 is 0 Å². The third kappa shape index (κ3) is 5.10. The Labute approximate surface area is 169 Å². The zero-order valence-electron chi connectivity index (χ0n) is 16.5. The number of hydrogen-bond donors (Lipinski definition) is 2. The Balaban J connectivity index is 1.98. The predicted molar refractivity (Wildman–Crippen MR) is 106 cm³/mol. The van der Waals surface area contributed by atoms with Gasteiger partial charge in [0.05, 0.1) is 0 Å². The van der Waals surface area contributed by atoms with Gasteiger partial charge in [-0.3, -0.25) is 4.79 Å². The Morgan fingerprint density at radius 2 is 1.59 bits per heavy atom. The van der Waals surface area contributed by atoms with Crippen LogP contribution in [0, 0.1) is 0 Å². The number of carboxylic acids is 1. The lowest BCUT2D eigenvalue weighted by Crippen LogP contribution is -2.22. The van der Waals surface area contributed by atoms with Crippen molar-refractivity contribution in [3.05, 3.63) is 89.2 Å². The summed E-state index contributed by atoms with van der Waals surface area (Å²) in [6, 6.07) is 19.8. The molecule has 2 N–H and O–H groups in total. The maximum absolute atomic E-state index is 12.5. The van der Waals surface area contributed by atoms with Gasteiger partial charge in [-0.05, 0) is 11.1 Å². The standard InChI is InChI=1S/C22H20N2O5/c1-23-21(25)19-20(29-14-16-10-6-3-7-11-16)18(12-17(24-19)22(26)27)28-13-15-8-4-2-5-9-15/h2-12H,13-14H2,1H3,(H,23,25)(H,26,27)/i1T. The Kier molecular flexibility index (Phi) is 5.97. The van der Waals surface area contributed by atoms with Crippen molar-refractivity contribution in [3.63, 3.8) is 0 Å². The van der Waals surface area contributed by atoms with Crippen molar-refractivity contribution in [2.75, 3.05) is 7.02 Å². The first kappa shape index (κ1) is 18.5. The number of aromatic carboxylic acids is 1. The van der Waals surface area contributed by atoms with Gasteiger partial charge in [-0.2, -0.15) is 0 Å². The molecule has 7 nitrogen and oxygen atoms in total. The summed E-state index contributed by atoms with van der Waals surface area (Å²) in [5, 5.41) is 11.7. The van der Waals surface area contributed by atoms with Crippen molar-refractivity contribution in [3.8, 4) is 11.5 Å². The largest absolute Gasteiger partial charge is 0.485 e. The lowest BCUT2D eigenvalue weighted by atomic mass is 10.2. The smallest absolute Gasteiger partial charge is 0.354 e. The number of nitrogens with one attached hydrogen (secondary N) is 1. The highest BCUT2D eigenvalue weighted by Gasteiger charge is 2.23. The molecule has 0 radical (unpaired) electrons. The molecule has 0 atom stereocenters. The zero-order chi connectivity index (χ0) is 21.3. The average Bonchev–Trinajstić information content (AvgIpc) is 2.77. The molecule has 29 heavy (non-hydrogen) atoms. The van der Waals surface area contributed by atoms with Crippen LogP contribution in [0.1, 0.15) is 33.5 Å². The molecule has 0 aliphatic carbocycles. The minimum absolute atomic E-state index is 0.0192. The molecule has 0 spiro atoms. The van der Waals surface area contributed by atoms with Crippen LogP contribution in [0.25, 0.3) is 0 Å². The van der Waals surface area contributed by atoms with Gasteiger partial charge in [0.1, 0.15) is 13.2 Å². The fourth-order valence-corrected chi connectivity index (χ4v) is 2.57. The second kappa shape index (κ2) is 9.36. The zero-order valence-corrected chi connectivity index (χ0v) is 15.5. The molecule has 0 saturated carbocycles. The van der Waals surface area contributed by atoms with E-state index in [1.165, 1.54) is 6.07 Å². The van der Waals surface area contributed by atoms with Crippen LogP contribution in [0.15, 0.2) is 66.7 Å². The first-order valence-electron chi connectivity index (χ1n) is 9.48. The number of benzene rings is 2. The normalized spacial score (nSPS) is 10.7. The molecule has 0 aliphatic heterocycles. The lowest BCUT2D eigenvalue weighted by Gasteiger charge is -2.16. The fourth-order valence-electron chi connectivity index (χ4n) is 2.57. The van der Waals surface area contributed by atoms with Crippen LogP contribution in [-0.4, -0.2) is 29.0 Å². The third-order valence-corrected chi connectivity index (χ3v) is 4.00. The van der Waals surface area contributed by atoms with Crippen molar-refractivity contribution in [2.45, 2.75) is 13.2 Å². The van der Waals surface area contributed by atoms with E-state index in [0.29, 0.717) is 0 Å². The Morgan fingerprint density at radius 1 is 1.00 bits per heavy atom. The fraction of sp³-hybridized carbons (Fsp3) is 0.136. The average molecular weight is 394 g/mol. The van der Waals surface area contributed by atoms with E-state index in [4.69, 9.17) is 10.8 Å². The number of carboxylic acid groups (broad SMARTS) is 1. The quantitative estimate of drug-likeness (QED) is 0.608. The van der Waals surface area contributed by atoms with Gasteiger partial charge in [-0.1, -0.05) is 60.7 Å². The molecule has 0 aliphatic rings. The third-order valence-electron chi connectivity index (χ3n) is 4.00. The van der Waals surface area contributed by atoms with Crippen LogP contribution < -0.4 is 14.8 Å². The van der Waals surface area contributed by atoms with Gasteiger partial charge >= 0.3 is 5.97 Å². The van der Waals surface area contributed by atoms with Crippen LogP contribution in [-0.2, 0) is 13.2 Å². The number of aromatic nitrogens is 1. The number of carbonyl (C=O) groups is 2. The number of pyridine rings is 1. The minimum atomic E-state index is -1.31. The van der Waals surface area contributed by atoms with Crippen LogP contribution in [0.4, 0.5) is 0 Å². The van der Waals surface area contributed by atoms with Crippen molar-refractivity contribution in [1.82, 2.24) is 10.3 Å². The summed E-state index contributed by atoms with van der Waals surface area (Å²) in [5.74, 6) is -1.93. The molecule has 3 rings (SSSR count). The molecule has 2 aromatic carbocycles. The molecule has 3 aromatic rings. The van der Waals surface area contributed by atoms with Crippen molar-refractivity contribution >= 4 is 11.9 Å². The molecule has 0 bridgehead atoms. The number of carbonyl (C=O) groups excluding carboxylic acids is 1. The SMILES string of the molecule is [3H]CNC(=O)c1nc(C(=O)O)cc(OCc2ccccc2)c1OCc1ccccc1.